The second-order valence-corrected chi connectivity index (χ2v) is 10.3. The minimum atomic E-state index is -4.95. The van der Waals surface area contributed by atoms with Crippen molar-refractivity contribution in [3.8, 4) is 5.75 Å². The molecule has 0 saturated heterocycles. The Hall–Kier alpha value is -4.00. The van der Waals surface area contributed by atoms with Gasteiger partial charge in [-0.2, -0.15) is 13.2 Å². The van der Waals surface area contributed by atoms with Gasteiger partial charge in [0.05, 0.1) is 12.6 Å². The topological polar surface area (TPSA) is 121 Å². The normalized spacial score (nSPS) is 16.2. The molecule has 1 aliphatic heterocycles. The fourth-order valence-electron chi connectivity index (χ4n) is 3.84. The zero-order valence-corrected chi connectivity index (χ0v) is 22.7. The molecule has 0 unspecified atom stereocenters. The zero-order valence-electron chi connectivity index (χ0n) is 22.0. The second kappa shape index (κ2) is 12.0. The maximum Gasteiger partial charge on any atom is 0.430 e. The predicted octanol–water partition coefficient (Wildman–Crippen LogP) is 5.17. The SMILES string of the molecule is CN([C@@H](Cc1ccccc1)C(=O)O)/[N+](O)=N/OCOC(=O)C1=Cc2cc(Cl)c(C(C)(C)C)cc2O[C@@H]1C(F)(F)F. The van der Waals surface area contributed by atoms with Crippen molar-refractivity contribution < 1.29 is 52.4 Å². The third-order valence-corrected chi connectivity index (χ3v) is 6.26. The molecule has 1 heterocycles. The number of aliphatic carboxylic acids is 1. The summed E-state index contributed by atoms with van der Waals surface area (Å²) in [6, 6.07) is 10.2. The van der Waals surface area contributed by atoms with E-state index in [0.717, 1.165) is 11.1 Å². The van der Waals surface area contributed by atoms with Crippen LogP contribution in [0.4, 0.5) is 13.2 Å². The van der Waals surface area contributed by atoms with E-state index in [1.807, 2.05) is 20.8 Å². The molecule has 2 aromatic carbocycles. The number of likely N-dealkylation sites (N-methyl/N-ethyl adjacent to an activating group) is 1. The number of halogens is 4. The van der Waals surface area contributed by atoms with Crippen LogP contribution in [0, 0.1) is 0 Å². The first-order valence-electron chi connectivity index (χ1n) is 11.9. The smallest absolute Gasteiger partial charge is 0.430 e. The summed E-state index contributed by atoms with van der Waals surface area (Å²) >= 11 is 6.32. The Morgan fingerprint density at radius 2 is 1.85 bits per heavy atom. The Morgan fingerprint density at radius 3 is 2.42 bits per heavy atom. The Bertz CT molecular complexity index is 1310. The maximum atomic E-state index is 13.8. The lowest BCUT2D eigenvalue weighted by molar-refractivity contribution is -0.941. The van der Waals surface area contributed by atoms with Gasteiger partial charge in [0, 0.05) is 17.0 Å². The third-order valence-electron chi connectivity index (χ3n) is 5.94. The number of nitrogens with zero attached hydrogens (tertiary/aromatic N) is 3. The van der Waals surface area contributed by atoms with Gasteiger partial charge in [0.15, 0.2) is 6.04 Å². The number of carboxylic acids is 1. The maximum absolute atomic E-state index is 13.8. The summed E-state index contributed by atoms with van der Waals surface area (Å²) in [5, 5.41) is 23.9. The van der Waals surface area contributed by atoms with Crippen LogP contribution in [0.3, 0.4) is 0 Å². The van der Waals surface area contributed by atoms with Crippen LogP contribution in [-0.2, 0) is 31.0 Å². The molecule has 0 aromatic heterocycles. The highest BCUT2D eigenvalue weighted by Crippen LogP contribution is 2.42. The van der Waals surface area contributed by atoms with Gasteiger partial charge in [-0.3, -0.25) is 4.84 Å². The molecule has 40 heavy (non-hydrogen) atoms. The van der Waals surface area contributed by atoms with Crippen molar-refractivity contribution in [1.29, 1.82) is 0 Å². The zero-order chi connectivity index (χ0) is 29.8. The van der Waals surface area contributed by atoms with Crippen LogP contribution in [0.5, 0.6) is 5.75 Å². The Morgan fingerprint density at radius 1 is 1.20 bits per heavy atom. The molecule has 0 bridgehead atoms. The summed E-state index contributed by atoms with van der Waals surface area (Å²) in [5.41, 5.74) is 0.0564. The number of hydrazine groups is 1. The van der Waals surface area contributed by atoms with Gasteiger partial charge >= 0.3 is 18.1 Å². The van der Waals surface area contributed by atoms with Crippen LogP contribution in [0.15, 0.2) is 53.3 Å². The van der Waals surface area contributed by atoms with E-state index < -0.39 is 48.0 Å². The lowest BCUT2D eigenvalue weighted by Gasteiger charge is -2.30. The quantitative estimate of drug-likeness (QED) is 0.103. The molecule has 2 atom stereocenters. The van der Waals surface area contributed by atoms with Gasteiger partial charge in [-0.05, 0) is 34.8 Å². The molecule has 3 rings (SSSR count). The van der Waals surface area contributed by atoms with Crippen molar-refractivity contribution in [2.75, 3.05) is 13.8 Å². The molecule has 216 valence electrons. The van der Waals surface area contributed by atoms with Crippen LogP contribution in [0.25, 0.3) is 6.08 Å². The highest BCUT2D eigenvalue weighted by atomic mass is 35.5. The van der Waals surface area contributed by atoms with Crippen molar-refractivity contribution >= 4 is 29.6 Å². The summed E-state index contributed by atoms with van der Waals surface area (Å²) in [7, 11) is 1.21. The van der Waals surface area contributed by atoms with Gasteiger partial charge in [0.25, 0.3) is 17.0 Å². The predicted molar refractivity (Wildman–Crippen MR) is 134 cm³/mol. The molecule has 0 saturated carbocycles. The number of benzene rings is 2. The molecule has 0 aliphatic carbocycles. The average molecular weight is 587 g/mol. The fourth-order valence-corrected chi connectivity index (χ4v) is 4.29. The molecule has 0 spiro atoms. The highest BCUT2D eigenvalue weighted by Gasteiger charge is 2.49. The van der Waals surface area contributed by atoms with Crippen LogP contribution < -0.4 is 4.74 Å². The lowest BCUT2D eigenvalue weighted by Crippen LogP contribution is -2.44. The Labute approximate surface area is 232 Å². The van der Waals surface area contributed by atoms with Gasteiger partial charge in [-0.25, -0.2) is 14.8 Å². The number of carbonyl (C=O) groups is 2. The largest absolute Gasteiger partial charge is 0.480 e. The summed E-state index contributed by atoms with van der Waals surface area (Å²) in [6.45, 7) is 4.51. The Balaban J connectivity index is 1.71. The van der Waals surface area contributed by atoms with Gasteiger partial charge in [-0.15, -0.1) is 0 Å². The molecule has 1 aliphatic rings. The van der Waals surface area contributed by atoms with E-state index in [2.05, 4.69) is 10.1 Å². The van der Waals surface area contributed by atoms with E-state index in [-0.39, 0.29) is 27.7 Å². The van der Waals surface area contributed by atoms with Crippen LogP contribution in [0.1, 0.15) is 37.5 Å². The summed E-state index contributed by atoms with van der Waals surface area (Å²) in [5.74, 6) is -2.78. The van der Waals surface area contributed by atoms with Crippen LogP contribution >= 0.6 is 11.6 Å². The highest BCUT2D eigenvalue weighted by molar-refractivity contribution is 6.31. The summed E-state index contributed by atoms with van der Waals surface area (Å²) < 4.78 is 51.3. The van der Waals surface area contributed by atoms with E-state index >= 15 is 0 Å². The van der Waals surface area contributed by atoms with E-state index in [1.165, 1.54) is 19.2 Å². The Kier molecular flexibility index (Phi) is 9.18. The monoisotopic (exact) mass is 586 g/mol. The van der Waals surface area contributed by atoms with Gasteiger partial charge < -0.3 is 14.6 Å². The van der Waals surface area contributed by atoms with Gasteiger partial charge in [0.1, 0.15) is 5.75 Å². The molecule has 2 aromatic rings. The molecule has 0 radical (unpaired) electrons. The van der Waals surface area contributed by atoms with Crippen molar-refractivity contribution in [1.82, 2.24) is 5.01 Å². The number of carbonyl (C=O) groups excluding carboxylic acids is 1. The standard InChI is InChI=1S/C26H27ClF3N3O7/c1-25(2,3)18-13-21-16(12-19(18)27)11-17(22(40-21)26(28,29)30)24(36)38-14-39-31-33(37)32(4)20(23(34)35)10-15-8-6-5-7-9-15/h5-9,11-13,20,22H,10,14H2,1-4H3,(H-,31,34,35,37)/p+1/t20-,22-/m0/s1. The van der Waals surface area contributed by atoms with Gasteiger partial charge in [0.2, 0.25) is 6.10 Å². The number of alkyl halides is 3. The molecule has 14 heteroatoms. The van der Waals surface area contributed by atoms with Crippen LogP contribution in [0.2, 0.25) is 5.02 Å². The third kappa shape index (κ3) is 7.34. The molecule has 2 N–H and O–H groups in total. The number of hydrogen-bond donors (Lipinski definition) is 2. The van der Waals surface area contributed by atoms with Crippen molar-refractivity contribution in [2.24, 2.45) is 5.28 Å². The first kappa shape index (κ1) is 30.5. The first-order valence-corrected chi connectivity index (χ1v) is 12.2. The molecule has 0 fully saturated rings. The molecular formula is C26H28ClF3N3O7+. The number of ether oxygens (including phenoxy) is 2. The van der Waals surface area contributed by atoms with E-state index in [9.17, 15) is 33.1 Å². The van der Waals surface area contributed by atoms with E-state index in [1.54, 1.807) is 30.3 Å². The lowest BCUT2D eigenvalue weighted by atomic mass is 9.85. The van der Waals surface area contributed by atoms with Crippen LogP contribution in [-0.4, -0.2) is 64.4 Å². The fraction of sp³-hybridized carbons (Fsp3) is 0.385. The van der Waals surface area contributed by atoms with Crippen molar-refractivity contribution in [3.05, 3.63) is 69.8 Å². The average Bonchev–Trinajstić information content (AvgIpc) is 2.87. The van der Waals surface area contributed by atoms with E-state index in [4.69, 9.17) is 21.1 Å². The summed E-state index contributed by atoms with van der Waals surface area (Å²) in [4.78, 5) is 29.0. The van der Waals surface area contributed by atoms with Gasteiger partial charge in [-0.1, -0.05) is 67.7 Å². The number of esters is 1. The van der Waals surface area contributed by atoms with E-state index in [0.29, 0.717) is 11.1 Å². The summed E-state index contributed by atoms with van der Waals surface area (Å²) in [6.07, 6.45) is -6.59. The second-order valence-electron chi connectivity index (χ2n) is 9.91. The number of fused-ring (bicyclic) bond motifs is 1. The number of hydrogen-bond acceptors (Lipinski definition) is 6. The number of carboxylic acid groups (broad SMARTS) is 1. The minimum Gasteiger partial charge on any atom is -0.480 e. The van der Waals surface area contributed by atoms with Crippen molar-refractivity contribution in [3.63, 3.8) is 0 Å². The molecule has 0 amide bonds. The first-order chi connectivity index (χ1) is 18.6. The molecular weight excluding hydrogens is 559 g/mol. The minimum absolute atomic E-state index is 0.00393. The van der Waals surface area contributed by atoms with Crippen molar-refractivity contribution in [2.45, 2.75) is 50.9 Å². The molecule has 10 nitrogen and oxygen atoms in total. The number of rotatable bonds is 9.